The summed E-state index contributed by atoms with van der Waals surface area (Å²) in [5.41, 5.74) is 3.07. The van der Waals surface area contributed by atoms with E-state index in [-0.39, 0.29) is 9.99 Å². The van der Waals surface area contributed by atoms with E-state index in [1.807, 2.05) is 54.7 Å². The van der Waals surface area contributed by atoms with E-state index in [2.05, 4.69) is 21.2 Å². The number of amides is 1. The van der Waals surface area contributed by atoms with Gasteiger partial charge in [0.15, 0.2) is 5.76 Å². The first-order valence-electron chi connectivity index (χ1n) is 8.07. The average molecular weight is 424 g/mol. The average Bonchev–Trinajstić information content (AvgIpc) is 3.16. The van der Waals surface area contributed by atoms with Gasteiger partial charge in [0.2, 0.25) is 0 Å². The fraction of sp³-hybridized carbons (Fsp3) is 0.389. The summed E-state index contributed by atoms with van der Waals surface area (Å²) in [7, 11) is 0. The van der Waals surface area contributed by atoms with Crippen molar-refractivity contribution in [3.63, 3.8) is 0 Å². The molecule has 2 heterocycles. The predicted octanol–water partition coefficient (Wildman–Crippen LogP) is 5.57. The maximum absolute atomic E-state index is 12.7. The minimum absolute atomic E-state index is 0.108. The number of thioether (sulfide) groups is 2. The van der Waals surface area contributed by atoms with Gasteiger partial charge in [0.25, 0.3) is 5.91 Å². The molecular weight excluding hydrogens is 406 g/mol. The van der Waals surface area contributed by atoms with Crippen LogP contribution in [0.25, 0.3) is 0 Å². The van der Waals surface area contributed by atoms with Gasteiger partial charge in [-0.2, -0.15) is 0 Å². The van der Waals surface area contributed by atoms with Gasteiger partial charge in [-0.05, 0) is 44.0 Å². The van der Waals surface area contributed by atoms with Gasteiger partial charge < -0.3 is 9.73 Å². The monoisotopic (exact) mass is 423 g/mol. The molecule has 1 aliphatic heterocycles. The summed E-state index contributed by atoms with van der Waals surface area (Å²) in [6, 6.07) is 7.58. The molecule has 0 saturated carbocycles. The Balaban J connectivity index is 1.66. The molecule has 0 radical (unpaired) electrons. The third-order valence-electron chi connectivity index (χ3n) is 4.57. The minimum atomic E-state index is -0.160. The first kappa shape index (κ1) is 16.6. The second-order valence-corrected chi connectivity index (χ2v) is 10.1. The van der Waals surface area contributed by atoms with Crippen molar-refractivity contribution in [2.45, 2.75) is 30.3 Å². The summed E-state index contributed by atoms with van der Waals surface area (Å²) in [6.45, 7) is 2.03. The second-order valence-electron chi connectivity index (χ2n) is 6.12. The van der Waals surface area contributed by atoms with E-state index in [0.717, 1.165) is 34.3 Å². The van der Waals surface area contributed by atoms with Crippen molar-refractivity contribution in [2.75, 3.05) is 16.8 Å². The fourth-order valence-electron chi connectivity index (χ4n) is 3.54. The lowest BCUT2D eigenvalue weighted by Crippen LogP contribution is -2.21. The molecule has 2 aliphatic rings. The molecule has 4 rings (SSSR count). The number of anilines is 1. The van der Waals surface area contributed by atoms with Crippen LogP contribution in [0, 0.1) is 6.92 Å². The summed E-state index contributed by atoms with van der Waals surface area (Å²) in [6.07, 6.45) is 3.24. The number of hydrogen-bond donors (Lipinski definition) is 1. The van der Waals surface area contributed by atoms with E-state index in [9.17, 15) is 4.79 Å². The number of halogens is 1. The van der Waals surface area contributed by atoms with Crippen LogP contribution in [0.2, 0.25) is 0 Å². The van der Waals surface area contributed by atoms with E-state index in [1.54, 1.807) is 0 Å². The largest absolute Gasteiger partial charge is 0.455 e. The Hall–Kier alpha value is -0.850. The van der Waals surface area contributed by atoms with E-state index < -0.39 is 0 Å². The molecule has 1 saturated heterocycles. The Morgan fingerprint density at radius 1 is 1.25 bits per heavy atom. The molecule has 1 aromatic heterocycles. The van der Waals surface area contributed by atoms with E-state index >= 15 is 0 Å². The maximum atomic E-state index is 12.7. The van der Waals surface area contributed by atoms with Gasteiger partial charge in [-0.15, -0.1) is 23.5 Å². The molecule has 2 aromatic rings. The highest BCUT2D eigenvalue weighted by Gasteiger charge is 2.45. The highest BCUT2D eigenvalue weighted by molar-refractivity contribution is 9.10. The highest BCUT2D eigenvalue weighted by Crippen LogP contribution is 2.59. The zero-order chi connectivity index (χ0) is 16.7. The summed E-state index contributed by atoms with van der Waals surface area (Å²) in [5, 5.41) is 2.95. The summed E-state index contributed by atoms with van der Waals surface area (Å²) < 4.78 is 7.13. The zero-order valence-corrected chi connectivity index (χ0v) is 16.6. The number of furan rings is 1. The van der Waals surface area contributed by atoms with Crippen LogP contribution in [-0.4, -0.2) is 17.4 Å². The van der Waals surface area contributed by atoms with Gasteiger partial charge >= 0.3 is 0 Å². The third kappa shape index (κ3) is 2.82. The van der Waals surface area contributed by atoms with Gasteiger partial charge in [0.1, 0.15) is 5.76 Å². The Kier molecular flexibility index (Phi) is 4.47. The van der Waals surface area contributed by atoms with Gasteiger partial charge in [-0.1, -0.05) is 15.9 Å². The second kappa shape index (κ2) is 6.46. The van der Waals surface area contributed by atoms with Gasteiger partial charge in [-0.25, -0.2) is 0 Å². The quantitative estimate of drug-likeness (QED) is 0.684. The molecule has 1 spiro atoms. The van der Waals surface area contributed by atoms with Gasteiger partial charge in [-0.3, -0.25) is 4.79 Å². The molecule has 1 fully saturated rings. The molecule has 126 valence electrons. The molecule has 1 N–H and O–H groups in total. The van der Waals surface area contributed by atoms with E-state index in [0.29, 0.717) is 5.76 Å². The number of carbonyl (C=O) groups is 1. The SMILES string of the molecule is Cc1c(C(=O)Nc2ccc(Br)cc2)oc2c1C1(CCC2)SCCS1. The molecule has 24 heavy (non-hydrogen) atoms. The Labute approximate surface area is 158 Å². The van der Waals surface area contributed by atoms with E-state index in [4.69, 9.17) is 4.42 Å². The van der Waals surface area contributed by atoms with Crippen molar-refractivity contribution in [3.05, 3.63) is 51.4 Å². The smallest absolute Gasteiger partial charge is 0.291 e. The van der Waals surface area contributed by atoms with Crippen molar-refractivity contribution in [2.24, 2.45) is 0 Å². The van der Waals surface area contributed by atoms with Crippen LogP contribution in [0.3, 0.4) is 0 Å². The molecule has 3 nitrogen and oxygen atoms in total. The molecule has 0 atom stereocenters. The maximum Gasteiger partial charge on any atom is 0.291 e. The molecule has 1 amide bonds. The van der Waals surface area contributed by atoms with Crippen LogP contribution < -0.4 is 5.32 Å². The van der Waals surface area contributed by atoms with Crippen LogP contribution in [0.5, 0.6) is 0 Å². The van der Waals surface area contributed by atoms with Crippen LogP contribution >= 0.6 is 39.5 Å². The lowest BCUT2D eigenvalue weighted by atomic mass is 9.94. The molecule has 1 aromatic carbocycles. The van der Waals surface area contributed by atoms with Crippen molar-refractivity contribution in [1.29, 1.82) is 0 Å². The number of aryl methyl sites for hydroxylation is 1. The Bertz CT molecular complexity index is 779. The number of fused-ring (bicyclic) bond motifs is 2. The zero-order valence-electron chi connectivity index (χ0n) is 13.4. The van der Waals surface area contributed by atoms with E-state index in [1.165, 1.54) is 23.5 Å². The first-order valence-corrected chi connectivity index (χ1v) is 10.8. The molecule has 0 bridgehead atoms. The summed E-state index contributed by atoms with van der Waals surface area (Å²) >= 11 is 7.44. The Morgan fingerprint density at radius 3 is 2.67 bits per heavy atom. The minimum Gasteiger partial charge on any atom is -0.455 e. The van der Waals surface area contributed by atoms with Crippen molar-refractivity contribution >= 4 is 51.0 Å². The lowest BCUT2D eigenvalue weighted by Gasteiger charge is -2.31. The molecular formula is C18H18BrNO2S2. The van der Waals surface area contributed by atoms with Gasteiger partial charge in [0, 0.05) is 39.2 Å². The van der Waals surface area contributed by atoms with Crippen LogP contribution in [-0.2, 0) is 10.5 Å². The number of nitrogens with one attached hydrogen (secondary N) is 1. The molecule has 1 aliphatic carbocycles. The van der Waals surface area contributed by atoms with Crippen molar-refractivity contribution in [3.8, 4) is 0 Å². The van der Waals surface area contributed by atoms with Crippen molar-refractivity contribution in [1.82, 2.24) is 0 Å². The fourth-order valence-corrected chi connectivity index (χ4v) is 7.36. The summed E-state index contributed by atoms with van der Waals surface area (Å²) in [5.74, 6) is 3.68. The van der Waals surface area contributed by atoms with Crippen LogP contribution in [0.15, 0.2) is 33.2 Å². The van der Waals surface area contributed by atoms with Crippen molar-refractivity contribution < 1.29 is 9.21 Å². The summed E-state index contributed by atoms with van der Waals surface area (Å²) in [4.78, 5) is 12.7. The predicted molar refractivity (Wildman–Crippen MR) is 105 cm³/mol. The number of hydrogen-bond acceptors (Lipinski definition) is 4. The van der Waals surface area contributed by atoms with Crippen LogP contribution in [0.1, 0.15) is 40.3 Å². The number of carbonyl (C=O) groups excluding carboxylic acids is 1. The first-order chi connectivity index (χ1) is 11.6. The van der Waals surface area contributed by atoms with Crippen LogP contribution in [0.4, 0.5) is 5.69 Å². The standard InChI is InChI=1S/C18H18BrNO2S2/c1-11-15-14(3-2-8-18(15)23-9-10-24-18)22-16(11)17(21)20-13-6-4-12(19)5-7-13/h4-7H,2-3,8-10H2,1H3,(H,20,21). The normalized spacial score (nSPS) is 18.6. The molecule has 0 unspecified atom stereocenters. The number of benzene rings is 1. The highest BCUT2D eigenvalue weighted by atomic mass is 79.9. The number of rotatable bonds is 2. The Morgan fingerprint density at radius 2 is 1.96 bits per heavy atom. The van der Waals surface area contributed by atoms with Gasteiger partial charge in [0.05, 0.1) is 4.08 Å². The topological polar surface area (TPSA) is 42.2 Å². The third-order valence-corrected chi connectivity index (χ3v) is 8.63. The molecule has 6 heteroatoms. The lowest BCUT2D eigenvalue weighted by molar-refractivity contribution is 0.0994.